The lowest BCUT2D eigenvalue weighted by Gasteiger charge is -2.48. The molecule has 1 heterocycles. The van der Waals surface area contributed by atoms with E-state index < -0.39 is 0 Å². The van der Waals surface area contributed by atoms with Crippen LogP contribution in [0.2, 0.25) is 0 Å². The molecule has 5 nitrogen and oxygen atoms in total. The van der Waals surface area contributed by atoms with Crippen LogP contribution in [0.25, 0.3) is 0 Å². The van der Waals surface area contributed by atoms with E-state index in [1.807, 2.05) is 6.92 Å². The molecule has 1 saturated heterocycles. The number of hydrogen-bond acceptors (Lipinski definition) is 3. The summed E-state index contributed by atoms with van der Waals surface area (Å²) < 4.78 is 0. The molecule has 0 atom stereocenters. The van der Waals surface area contributed by atoms with Crippen LogP contribution >= 0.6 is 0 Å². The zero-order chi connectivity index (χ0) is 19.5. The van der Waals surface area contributed by atoms with Crippen LogP contribution in [-0.4, -0.2) is 55.3 Å². The van der Waals surface area contributed by atoms with Gasteiger partial charge in [-0.05, 0) is 57.2 Å². The summed E-state index contributed by atoms with van der Waals surface area (Å²) in [6.07, 6.45) is 5.65. The van der Waals surface area contributed by atoms with Gasteiger partial charge in [-0.25, -0.2) is 0 Å². The van der Waals surface area contributed by atoms with Crippen molar-refractivity contribution in [1.82, 2.24) is 15.1 Å². The molecule has 0 radical (unpaired) electrons. The zero-order valence-corrected chi connectivity index (χ0v) is 17.0. The smallest absolute Gasteiger partial charge is 0.239 e. The van der Waals surface area contributed by atoms with Crippen molar-refractivity contribution in [3.8, 4) is 0 Å². The van der Waals surface area contributed by atoms with Crippen LogP contribution in [0.1, 0.15) is 51.0 Å². The second-order valence-corrected chi connectivity index (χ2v) is 8.57. The lowest BCUT2D eigenvalue weighted by molar-refractivity contribution is -0.133. The Kier molecular flexibility index (Phi) is 5.89. The summed E-state index contributed by atoms with van der Waals surface area (Å²) in [6.45, 7) is 3.64. The minimum absolute atomic E-state index is 0.0371. The molecule has 27 heavy (non-hydrogen) atoms. The molecule has 0 aromatic heterocycles. The minimum Gasteiger partial charge on any atom is -0.355 e. The molecule has 2 amide bonds. The third-order valence-corrected chi connectivity index (χ3v) is 6.62. The Morgan fingerprint density at radius 3 is 2.41 bits per heavy atom. The summed E-state index contributed by atoms with van der Waals surface area (Å²) in [5.74, 6) is 0.101. The van der Waals surface area contributed by atoms with E-state index in [1.54, 1.807) is 4.90 Å². The van der Waals surface area contributed by atoms with Crippen molar-refractivity contribution in [2.24, 2.45) is 5.41 Å². The summed E-state index contributed by atoms with van der Waals surface area (Å²) in [5.41, 5.74) is 1.45. The fourth-order valence-electron chi connectivity index (χ4n) is 4.89. The van der Waals surface area contributed by atoms with Gasteiger partial charge in [0.2, 0.25) is 11.8 Å². The first-order valence-corrected chi connectivity index (χ1v) is 10.2. The Labute approximate surface area is 163 Å². The summed E-state index contributed by atoms with van der Waals surface area (Å²) in [6, 6.07) is 10.7. The molecule has 2 aliphatic rings. The molecule has 1 aromatic rings. The van der Waals surface area contributed by atoms with Crippen LogP contribution in [0.15, 0.2) is 30.3 Å². The fourth-order valence-corrected chi connectivity index (χ4v) is 4.89. The molecule has 0 bridgehead atoms. The predicted molar refractivity (Wildman–Crippen MR) is 107 cm³/mol. The van der Waals surface area contributed by atoms with Crippen LogP contribution in [0.5, 0.6) is 0 Å². The molecule has 1 aliphatic carbocycles. The molecule has 1 spiro atoms. The summed E-state index contributed by atoms with van der Waals surface area (Å²) >= 11 is 0. The van der Waals surface area contributed by atoms with E-state index in [2.05, 4.69) is 54.6 Å². The first-order valence-electron chi connectivity index (χ1n) is 10.2. The molecule has 1 saturated carbocycles. The van der Waals surface area contributed by atoms with Crippen molar-refractivity contribution in [3.63, 3.8) is 0 Å². The number of nitrogens with zero attached hydrogens (tertiary/aromatic N) is 2. The summed E-state index contributed by atoms with van der Waals surface area (Å²) in [4.78, 5) is 28.7. The van der Waals surface area contributed by atoms with E-state index in [0.717, 1.165) is 38.6 Å². The predicted octanol–water partition coefficient (Wildman–Crippen LogP) is 2.76. The lowest BCUT2D eigenvalue weighted by Crippen LogP contribution is -2.47. The second kappa shape index (κ2) is 8.01. The third kappa shape index (κ3) is 4.03. The van der Waals surface area contributed by atoms with E-state index in [-0.39, 0.29) is 29.3 Å². The van der Waals surface area contributed by atoms with Gasteiger partial charge < -0.3 is 10.2 Å². The number of nitrogens with one attached hydrogen (secondary N) is 1. The highest BCUT2D eigenvalue weighted by atomic mass is 16.2. The van der Waals surface area contributed by atoms with Gasteiger partial charge >= 0.3 is 0 Å². The number of hydrogen-bond donors (Lipinski definition) is 1. The zero-order valence-electron chi connectivity index (χ0n) is 17.0. The monoisotopic (exact) mass is 371 g/mol. The van der Waals surface area contributed by atoms with Gasteiger partial charge in [-0.3, -0.25) is 14.5 Å². The van der Waals surface area contributed by atoms with Gasteiger partial charge in [0.1, 0.15) is 0 Å². The van der Waals surface area contributed by atoms with Crippen LogP contribution in [0.3, 0.4) is 0 Å². The number of rotatable bonds is 6. The molecule has 5 heteroatoms. The minimum atomic E-state index is -0.0371. The standard InChI is InChI=1S/C22H33N3O2/c1-4-14-23-19(26)16-25-17-21(15-20(25)27)10-12-22(13-11-21,24(2)3)18-8-6-5-7-9-18/h5-9H,4,10-17H2,1-3H3,(H,23,26). The first kappa shape index (κ1) is 19.9. The van der Waals surface area contributed by atoms with E-state index >= 15 is 0 Å². The number of likely N-dealkylation sites (tertiary alicyclic amines) is 1. The molecule has 2 fully saturated rings. The first-order chi connectivity index (χ1) is 12.9. The van der Waals surface area contributed by atoms with Gasteiger partial charge in [-0.2, -0.15) is 0 Å². The normalized spacial score (nSPS) is 28.1. The molecule has 1 aliphatic heterocycles. The van der Waals surface area contributed by atoms with E-state index in [1.165, 1.54) is 5.56 Å². The molecule has 1 aromatic carbocycles. The Hall–Kier alpha value is -1.88. The SMILES string of the molecule is CCCNC(=O)CN1CC2(CCC(c3ccccc3)(N(C)C)CC2)CC1=O. The third-order valence-electron chi connectivity index (χ3n) is 6.62. The van der Waals surface area contributed by atoms with Crippen LogP contribution < -0.4 is 5.32 Å². The highest BCUT2D eigenvalue weighted by Gasteiger charge is 2.50. The summed E-state index contributed by atoms with van der Waals surface area (Å²) in [5, 5.41) is 2.88. The molecule has 3 rings (SSSR count). The van der Waals surface area contributed by atoms with Crippen molar-refractivity contribution < 1.29 is 9.59 Å². The maximum Gasteiger partial charge on any atom is 0.239 e. The Bertz CT molecular complexity index is 663. The van der Waals surface area contributed by atoms with Gasteiger partial charge in [-0.1, -0.05) is 37.3 Å². The van der Waals surface area contributed by atoms with E-state index in [0.29, 0.717) is 13.0 Å². The topological polar surface area (TPSA) is 52.7 Å². The second-order valence-electron chi connectivity index (χ2n) is 8.57. The Balaban J connectivity index is 1.67. The maximum absolute atomic E-state index is 12.6. The largest absolute Gasteiger partial charge is 0.355 e. The lowest BCUT2D eigenvalue weighted by atomic mass is 9.64. The van der Waals surface area contributed by atoms with Crippen molar-refractivity contribution in [1.29, 1.82) is 0 Å². The highest BCUT2D eigenvalue weighted by molar-refractivity contribution is 5.86. The van der Waals surface area contributed by atoms with Crippen molar-refractivity contribution in [2.45, 2.75) is 51.0 Å². The van der Waals surface area contributed by atoms with Crippen LogP contribution in [0, 0.1) is 5.41 Å². The fraction of sp³-hybridized carbons (Fsp3) is 0.636. The van der Waals surface area contributed by atoms with Gasteiger partial charge in [0.15, 0.2) is 0 Å². The Morgan fingerprint density at radius 2 is 1.81 bits per heavy atom. The molecule has 0 unspecified atom stereocenters. The van der Waals surface area contributed by atoms with Gasteiger partial charge in [0.05, 0.1) is 6.54 Å². The quantitative estimate of drug-likeness (QED) is 0.837. The average Bonchev–Trinajstić information content (AvgIpc) is 2.96. The molecular formula is C22H33N3O2. The van der Waals surface area contributed by atoms with Crippen molar-refractivity contribution in [3.05, 3.63) is 35.9 Å². The number of amides is 2. The molecular weight excluding hydrogens is 338 g/mol. The summed E-state index contributed by atoms with van der Waals surface area (Å²) in [7, 11) is 4.32. The number of benzene rings is 1. The van der Waals surface area contributed by atoms with Gasteiger partial charge in [-0.15, -0.1) is 0 Å². The van der Waals surface area contributed by atoms with Gasteiger partial charge in [0, 0.05) is 25.0 Å². The number of carbonyl (C=O) groups is 2. The highest BCUT2D eigenvalue weighted by Crippen LogP contribution is 2.51. The van der Waals surface area contributed by atoms with E-state index in [9.17, 15) is 9.59 Å². The van der Waals surface area contributed by atoms with Gasteiger partial charge in [0.25, 0.3) is 0 Å². The maximum atomic E-state index is 12.6. The number of carbonyl (C=O) groups excluding carboxylic acids is 2. The van der Waals surface area contributed by atoms with Crippen molar-refractivity contribution in [2.75, 3.05) is 33.7 Å². The average molecular weight is 372 g/mol. The van der Waals surface area contributed by atoms with E-state index in [4.69, 9.17) is 0 Å². The van der Waals surface area contributed by atoms with Crippen molar-refractivity contribution >= 4 is 11.8 Å². The van der Waals surface area contributed by atoms with Crippen LogP contribution in [0.4, 0.5) is 0 Å². The molecule has 148 valence electrons. The molecule has 1 N–H and O–H groups in total. The Morgan fingerprint density at radius 1 is 1.15 bits per heavy atom. The van der Waals surface area contributed by atoms with Crippen LogP contribution in [-0.2, 0) is 15.1 Å².